The second-order valence-corrected chi connectivity index (χ2v) is 6.20. The summed E-state index contributed by atoms with van der Waals surface area (Å²) >= 11 is 0. The Kier molecular flexibility index (Phi) is 4.50. The lowest BCUT2D eigenvalue weighted by Crippen LogP contribution is -2.15. The van der Waals surface area contributed by atoms with Crippen molar-refractivity contribution >= 4 is 11.6 Å². The molecule has 0 amide bonds. The number of aryl methyl sites for hydroxylation is 1. The molecule has 6 nitrogen and oxygen atoms in total. The Morgan fingerprint density at radius 3 is 2.56 bits per heavy atom. The van der Waals surface area contributed by atoms with Gasteiger partial charge in [-0.3, -0.25) is 0 Å². The molecule has 25 heavy (non-hydrogen) atoms. The number of carboxylic acid groups (broad SMARTS) is 1. The minimum atomic E-state index is -1.09. The maximum absolute atomic E-state index is 13.2. The first-order valence-electron chi connectivity index (χ1n) is 7.90. The standard InChI is InChI=1S/C18H19FN4O2/c1-11-10-14(12-4-6-13(19)7-5-12)16(18(24)25)17-20-15(21-23(11)17)8-9-22(2)3/h4-7,10H,8-9H2,1-3H3,(H,24,25). The molecule has 3 aromatic rings. The number of fused-ring (bicyclic) bond motifs is 1. The third-order valence-electron chi connectivity index (χ3n) is 3.98. The fourth-order valence-corrected chi connectivity index (χ4v) is 2.72. The smallest absolute Gasteiger partial charge is 0.340 e. The second kappa shape index (κ2) is 6.60. The number of aromatic nitrogens is 3. The third-order valence-corrected chi connectivity index (χ3v) is 3.98. The highest BCUT2D eigenvalue weighted by Gasteiger charge is 2.21. The van der Waals surface area contributed by atoms with E-state index in [-0.39, 0.29) is 11.4 Å². The third kappa shape index (κ3) is 3.36. The van der Waals surface area contributed by atoms with Crippen LogP contribution in [0.2, 0.25) is 0 Å². The minimum absolute atomic E-state index is 0.0702. The Bertz CT molecular complexity index is 932. The van der Waals surface area contributed by atoms with Crippen LogP contribution in [0.3, 0.4) is 0 Å². The molecule has 130 valence electrons. The molecule has 1 aromatic carbocycles. The quantitative estimate of drug-likeness (QED) is 0.772. The van der Waals surface area contributed by atoms with Crippen LogP contribution >= 0.6 is 0 Å². The SMILES string of the molecule is Cc1cc(-c2ccc(F)cc2)c(C(=O)O)c2nc(CCN(C)C)nn12. The van der Waals surface area contributed by atoms with E-state index in [1.54, 1.807) is 22.7 Å². The van der Waals surface area contributed by atoms with Gasteiger partial charge in [0.2, 0.25) is 0 Å². The Morgan fingerprint density at radius 2 is 1.96 bits per heavy atom. The molecule has 0 aliphatic rings. The molecule has 0 aliphatic heterocycles. The summed E-state index contributed by atoms with van der Waals surface area (Å²) in [5.41, 5.74) is 2.27. The molecule has 0 atom stereocenters. The molecule has 0 unspecified atom stereocenters. The highest BCUT2D eigenvalue weighted by molar-refractivity contribution is 6.02. The van der Waals surface area contributed by atoms with Crippen molar-refractivity contribution < 1.29 is 14.3 Å². The highest BCUT2D eigenvalue weighted by atomic mass is 19.1. The van der Waals surface area contributed by atoms with Crippen LogP contribution in [0.4, 0.5) is 4.39 Å². The Hall–Kier alpha value is -2.80. The van der Waals surface area contributed by atoms with Gasteiger partial charge in [0, 0.05) is 24.2 Å². The van der Waals surface area contributed by atoms with E-state index in [2.05, 4.69) is 10.1 Å². The number of carboxylic acids is 1. The number of hydrogen-bond donors (Lipinski definition) is 1. The fraction of sp³-hybridized carbons (Fsp3) is 0.278. The van der Waals surface area contributed by atoms with Crippen molar-refractivity contribution in [2.45, 2.75) is 13.3 Å². The molecule has 0 spiro atoms. The van der Waals surface area contributed by atoms with E-state index in [0.29, 0.717) is 29.0 Å². The molecule has 0 aliphatic carbocycles. The van der Waals surface area contributed by atoms with Gasteiger partial charge in [0.25, 0.3) is 0 Å². The van der Waals surface area contributed by atoms with Gasteiger partial charge in [-0.05, 0) is 44.8 Å². The summed E-state index contributed by atoms with van der Waals surface area (Å²) in [4.78, 5) is 18.4. The molecule has 0 radical (unpaired) electrons. The second-order valence-electron chi connectivity index (χ2n) is 6.20. The normalized spacial score (nSPS) is 11.4. The first kappa shape index (κ1) is 17.0. The predicted octanol–water partition coefficient (Wildman–Crippen LogP) is 2.65. The topological polar surface area (TPSA) is 70.7 Å². The van der Waals surface area contributed by atoms with Gasteiger partial charge in [0.1, 0.15) is 11.4 Å². The lowest BCUT2D eigenvalue weighted by molar-refractivity contribution is 0.0699. The molecule has 2 aromatic heterocycles. The van der Waals surface area contributed by atoms with Gasteiger partial charge in [-0.25, -0.2) is 18.7 Å². The van der Waals surface area contributed by atoms with Crippen molar-refractivity contribution in [1.82, 2.24) is 19.5 Å². The summed E-state index contributed by atoms with van der Waals surface area (Å²) in [5.74, 6) is -0.863. The van der Waals surface area contributed by atoms with E-state index in [9.17, 15) is 14.3 Å². The molecular weight excluding hydrogens is 323 g/mol. The summed E-state index contributed by atoms with van der Waals surface area (Å²) < 4.78 is 14.8. The van der Waals surface area contributed by atoms with Crippen LogP contribution < -0.4 is 0 Å². The zero-order valence-corrected chi connectivity index (χ0v) is 14.3. The average Bonchev–Trinajstić information content (AvgIpc) is 2.97. The largest absolute Gasteiger partial charge is 0.478 e. The zero-order valence-electron chi connectivity index (χ0n) is 14.3. The summed E-state index contributed by atoms with van der Waals surface area (Å²) in [6, 6.07) is 7.50. The number of rotatable bonds is 5. The van der Waals surface area contributed by atoms with Gasteiger partial charge in [0.15, 0.2) is 11.5 Å². The van der Waals surface area contributed by atoms with Crippen molar-refractivity contribution in [2.75, 3.05) is 20.6 Å². The molecule has 0 fully saturated rings. The van der Waals surface area contributed by atoms with Crippen molar-refractivity contribution in [3.8, 4) is 11.1 Å². The first-order valence-corrected chi connectivity index (χ1v) is 7.90. The van der Waals surface area contributed by atoms with Crippen LogP contribution in [-0.4, -0.2) is 51.2 Å². The van der Waals surface area contributed by atoms with Gasteiger partial charge in [0.05, 0.1) is 0 Å². The minimum Gasteiger partial charge on any atom is -0.478 e. The number of aromatic carboxylic acids is 1. The van der Waals surface area contributed by atoms with Crippen molar-refractivity contribution in [1.29, 1.82) is 0 Å². The van der Waals surface area contributed by atoms with E-state index < -0.39 is 5.97 Å². The molecular formula is C18H19FN4O2. The van der Waals surface area contributed by atoms with E-state index in [4.69, 9.17) is 0 Å². The molecule has 0 saturated carbocycles. The highest BCUT2D eigenvalue weighted by Crippen LogP contribution is 2.28. The van der Waals surface area contributed by atoms with E-state index in [1.807, 2.05) is 25.9 Å². The number of halogens is 1. The van der Waals surface area contributed by atoms with E-state index >= 15 is 0 Å². The van der Waals surface area contributed by atoms with Gasteiger partial charge in [-0.1, -0.05) is 12.1 Å². The van der Waals surface area contributed by atoms with Crippen LogP contribution in [0, 0.1) is 12.7 Å². The van der Waals surface area contributed by atoms with Crippen LogP contribution in [-0.2, 0) is 6.42 Å². The van der Waals surface area contributed by atoms with Crippen LogP contribution in [0.1, 0.15) is 21.9 Å². The molecule has 0 bridgehead atoms. The van der Waals surface area contributed by atoms with Crippen LogP contribution in [0.25, 0.3) is 16.8 Å². The predicted molar refractivity (Wildman–Crippen MR) is 92.3 cm³/mol. The maximum Gasteiger partial charge on any atom is 0.340 e. The summed E-state index contributed by atoms with van der Waals surface area (Å²) in [6.45, 7) is 2.61. The van der Waals surface area contributed by atoms with E-state index in [1.165, 1.54) is 12.1 Å². The number of pyridine rings is 1. The lowest BCUT2D eigenvalue weighted by Gasteiger charge is -2.09. The van der Waals surface area contributed by atoms with Crippen molar-refractivity contribution in [3.05, 3.63) is 53.2 Å². The summed E-state index contributed by atoms with van der Waals surface area (Å²) in [6.07, 6.45) is 0.624. The van der Waals surface area contributed by atoms with Gasteiger partial charge in [-0.2, -0.15) is 5.10 Å². The number of hydrogen-bond acceptors (Lipinski definition) is 4. The first-order chi connectivity index (χ1) is 11.9. The van der Waals surface area contributed by atoms with Crippen molar-refractivity contribution in [2.24, 2.45) is 0 Å². The summed E-state index contributed by atoms with van der Waals surface area (Å²) in [7, 11) is 3.91. The number of likely N-dealkylation sites (N-methyl/N-ethyl adjacent to an activating group) is 1. The number of carbonyl (C=O) groups is 1. The van der Waals surface area contributed by atoms with E-state index in [0.717, 1.165) is 12.2 Å². The number of nitrogens with zero attached hydrogens (tertiary/aromatic N) is 4. The molecule has 0 saturated heterocycles. The Balaban J connectivity index is 2.19. The fourth-order valence-electron chi connectivity index (χ4n) is 2.72. The van der Waals surface area contributed by atoms with Crippen LogP contribution in [0.5, 0.6) is 0 Å². The molecule has 3 rings (SSSR count). The molecule has 1 N–H and O–H groups in total. The van der Waals surface area contributed by atoms with Gasteiger partial charge < -0.3 is 10.0 Å². The van der Waals surface area contributed by atoms with Crippen LogP contribution in [0.15, 0.2) is 30.3 Å². The zero-order chi connectivity index (χ0) is 18.1. The molecule has 7 heteroatoms. The monoisotopic (exact) mass is 342 g/mol. The summed E-state index contributed by atoms with van der Waals surface area (Å²) in [5, 5.41) is 14.2. The molecule has 2 heterocycles. The Morgan fingerprint density at radius 1 is 1.28 bits per heavy atom. The van der Waals surface area contributed by atoms with Gasteiger partial charge >= 0.3 is 5.97 Å². The van der Waals surface area contributed by atoms with Gasteiger partial charge in [-0.15, -0.1) is 0 Å². The number of benzene rings is 1. The lowest BCUT2D eigenvalue weighted by atomic mass is 10.00. The maximum atomic E-state index is 13.2. The average molecular weight is 342 g/mol. The Labute approximate surface area is 144 Å². The van der Waals surface area contributed by atoms with Crippen molar-refractivity contribution in [3.63, 3.8) is 0 Å².